The molecule has 0 unspecified atom stereocenters. The molecule has 8 nitrogen and oxygen atoms in total. The first-order valence-electron chi connectivity index (χ1n) is 9.74. The number of fused-ring (bicyclic) bond motifs is 1. The summed E-state index contributed by atoms with van der Waals surface area (Å²) in [6.07, 6.45) is 5.12. The standard InChI is InChI=1S/C22H22N6O2/c1-15(18-13-25-28(16(18)2)20-9-5-6-11-23-20)26-21(29)10-12-27-14-24-19-8-4-3-7-17(19)22(27)30/h3-9,11,13-15H,10,12H2,1-2H3,(H,26,29)/t15-/m1/s1. The van der Waals surface area contributed by atoms with Gasteiger partial charge in [-0.25, -0.2) is 14.6 Å². The Morgan fingerprint density at radius 3 is 2.73 bits per heavy atom. The van der Waals surface area contributed by atoms with Gasteiger partial charge in [0.05, 0.1) is 29.5 Å². The first-order valence-corrected chi connectivity index (χ1v) is 9.74. The molecule has 0 aliphatic rings. The summed E-state index contributed by atoms with van der Waals surface area (Å²) in [5.74, 6) is 0.579. The highest BCUT2D eigenvalue weighted by molar-refractivity contribution is 5.77. The van der Waals surface area contributed by atoms with Crippen LogP contribution in [0.15, 0.2) is 66.0 Å². The number of carbonyl (C=O) groups excluding carboxylic acids is 1. The maximum atomic E-state index is 12.5. The van der Waals surface area contributed by atoms with Crippen LogP contribution in [0.25, 0.3) is 16.7 Å². The molecule has 1 atom stereocenters. The predicted molar refractivity (Wildman–Crippen MR) is 113 cm³/mol. The van der Waals surface area contributed by atoms with E-state index in [2.05, 4.69) is 20.4 Å². The Labute approximate surface area is 173 Å². The van der Waals surface area contributed by atoms with Gasteiger partial charge >= 0.3 is 0 Å². The van der Waals surface area contributed by atoms with Crippen LogP contribution in [0.1, 0.15) is 30.6 Å². The molecule has 0 saturated heterocycles. The number of hydrogen-bond acceptors (Lipinski definition) is 5. The second-order valence-corrected chi connectivity index (χ2v) is 7.08. The number of aryl methyl sites for hydroxylation is 1. The van der Waals surface area contributed by atoms with Gasteiger partial charge < -0.3 is 5.32 Å². The molecule has 0 aliphatic carbocycles. The van der Waals surface area contributed by atoms with E-state index < -0.39 is 0 Å². The van der Waals surface area contributed by atoms with E-state index in [1.165, 1.54) is 10.9 Å². The number of amides is 1. The van der Waals surface area contributed by atoms with Gasteiger partial charge in [0, 0.05) is 30.4 Å². The fourth-order valence-electron chi connectivity index (χ4n) is 3.44. The Bertz CT molecular complexity index is 1250. The molecule has 0 saturated carbocycles. The van der Waals surface area contributed by atoms with Gasteiger partial charge in [0.25, 0.3) is 5.56 Å². The van der Waals surface area contributed by atoms with Crippen molar-refractivity contribution in [3.63, 3.8) is 0 Å². The molecule has 0 spiro atoms. The summed E-state index contributed by atoms with van der Waals surface area (Å²) in [7, 11) is 0. The van der Waals surface area contributed by atoms with Crippen LogP contribution in [0.3, 0.4) is 0 Å². The minimum atomic E-state index is -0.221. The molecule has 4 rings (SSSR count). The molecule has 1 amide bonds. The Hall–Kier alpha value is -3.81. The zero-order chi connectivity index (χ0) is 21.1. The lowest BCUT2D eigenvalue weighted by Gasteiger charge is -2.14. The molecule has 4 aromatic rings. The number of benzene rings is 1. The SMILES string of the molecule is Cc1c([C@@H](C)NC(=O)CCn2cnc3ccccc3c2=O)cnn1-c1ccccn1. The van der Waals surface area contributed by atoms with Crippen LogP contribution in [0.2, 0.25) is 0 Å². The van der Waals surface area contributed by atoms with Crippen molar-refractivity contribution in [1.29, 1.82) is 0 Å². The predicted octanol–water partition coefficient (Wildman–Crippen LogP) is 2.55. The highest BCUT2D eigenvalue weighted by atomic mass is 16.2. The molecule has 0 radical (unpaired) electrons. The monoisotopic (exact) mass is 402 g/mol. The second-order valence-electron chi connectivity index (χ2n) is 7.08. The average molecular weight is 402 g/mol. The topological polar surface area (TPSA) is 94.7 Å². The summed E-state index contributed by atoms with van der Waals surface area (Å²) in [4.78, 5) is 33.6. The van der Waals surface area contributed by atoms with Gasteiger partial charge in [-0.2, -0.15) is 5.10 Å². The fraction of sp³-hybridized carbons (Fsp3) is 0.227. The Morgan fingerprint density at radius 1 is 1.13 bits per heavy atom. The molecule has 30 heavy (non-hydrogen) atoms. The highest BCUT2D eigenvalue weighted by Gasteiger charge is 2.17. The second kappa shape index (κ2) is 8.28. The van der Waals surface area contributed by atoms with Crippen LogP contribution in [0.4, 0.5) is 0 Å². The van der Waals surface area contributed by atoms with E-state index in [-0.39, 0.29) is 30.5 Å². The van der Waals surface area contributed by atoms with E-state index in [4.69, 9.17) is 0 Å². The minimum Gasteiger partial charge on any atom is -0.349 e. The average Bonchev–Trinajstić information content (AvgIpc) is 3.15. The van der Waals surface area contributed by atoms with Crippen molar-refractivity contribution in [1.82, 2.24) is 29.6 Å². The lowest BCUT2D eigenvalue weighted by atomic mass is 10.1. The zero-order valence-electron chi connectivity index (χ0n) is 16.8. The summed E-state index contributed by atoms with van der Waals surface area (Å²) in [6, 6.07) is 12.6. The largest absolute Gasteiger partial charge is 0.349 e. The smallest absolute Gasteiger partial charge is 0.261 e. The van der Waals surface area contributed by atoms with E-state index in [0.717, 1.165) is 17.1 Å². The first kappa shape index (κ1) is 19.5. The molecule has 1 aromatic carbocycles. The number of para-hydroxylation sites is 1. The van der Waals surface area contributed by atoms with E-state index >= 15 is 0 Å². The van der Waals surface area contributed by atoms with Crippen molar-refractivity contribution in [2.24, 2.45) is 0 Å². The molecule has 0 bridgehead atoms. The van der Waals surface area contributed by atoms with Gasteiger partial charge in [0.15, 0.2) is 5.82 Å². The first-order chi connectivity index (χ1) is 14.5. The molecule has 152 valence electrons. The van der Waals surface area contributed by atoms with E-state index in [1.807, 2.05) is 38.1 Å². The van der Waals surface area contributed by atoms with Crippen LogP contribution in [0, 0.1) is 6.92 Å². The van der Waals surface area contributed by atoms with Gasteiger partial charge in [0.2, 0.25) is 5.91 Å². The normalized spacial score (nSPS) is 12.1. The number of nitrogens with zero attached hydrogens (tertiary/aromatic N) is 5. The Kier molecular flexibility index (Phi) is 5.38. The number of nitrogens with one attached hydrogen (secondary N) is 1. The van der Waals surface area contributed by atoms with Gasteiger partial charge in [0.1, 0.15) is 0 Å². The summed E-state index contributed by atoms with van der Waals surface area (Å²) < 4.78 is 3.22. The lowest BCUT2D eigenvalue weighted by Crippen LogP contribution is -2.29. The van der Waals surface area contributed by atoms with Crippen LogP contribution < -0.4 is 10.9 Å². The third-order valence-corrected chi connectivity index (χ3v) is 5.07. The maximum absolute atomic E-state index is 12.5. The fourth-order valence-corrected chi connectivity index (χ4v) is 3.44. The summed E-state index contributed by atoms with van der Waals surface area (Å²) in [5.41, 5.74) is 2.33. The Balaban J connectivity index is 1.42. The third-order valence-electron chi connectivity index (χ3n) is 5.07. The van der Waals surface area contributed by atoms with Crippen molar-refractivity contribution in [2.75, 3.05) is 0 Å². The number of aromatic nitrogens is 5. The van der Waals surface area contributed by atoms with Crippen molar-refractivity contribution in [3.05, 3.63) is 82.8 Å². The molecule has 1 N–H and O–H groups in total. The molecule has 8 heteroatoms. The van der Waals surface area contributed by atoms with Crippen molar-refractivity contribution >= 4 is 16.8 Å². The molecular weight excluding hydrogens is 380 g/mol. The number of rotatable bonds is 6. The molecule has 0 aliphatic heterocycles. The van der Waals surface area contributed by atoms with Gasteiger partial charge in [-0.05, 0) is 38.1 Å². The van der Waals surface area contributed by atoms with Crippen molar-refractivity contribution < 1.29 is 4.79 Å². The third kappa shape index (κ3) is 3.84. The van der Waals surface area contributed by atoms with Gasteiger partial charge in [-0.3, -0.25) is 14.2 Å². The van der Waals surface area contributed by atoms with Crippen molar-refractivity contribution in [2.45, 2.75) is 32.9 Å². The van der Waals surface area contributed by atoms with Crippen molar-refractivity contribution in [3.8, 4) is 5.82 Å². The number of pyridine rings is 1. The molecular formula is C22H22N6O2. The number of carbonyl (C=O) groups is 1. The van der Waals surface area contributed by atoms with Crippen LogP contribution in [-0.2, 0) is 11.3 Å². The molecule has 3 aromatic heterocycles. The molecule has 0 fully saturated rings. The zero-order valence-corrected chi connectivity index (χ0v) is 16.8. The summed E-state index contributed by atoms with van der Waals surface area (Å²) in [5, 5.41) is 7.93. The van der Waals surface area contributed by atoms with Gasteiger partial charge in [-0.1, -0.05) is 18.2 Å². The highest BCUT2D eigenvalue weighted by Crippen LogP contribution is 2.19. The van der Waals surface area contributed by atoms with E-state index in [1.54, 1.807) is 35.3 Å². The minimum absolute atomic E-state index is 0.145. The summed E-state index contributed by atoms with van der Waals surface area (Å²) in [6.45, 7) is 4.12. The van der Waals surface area contributed by atoms with E-state index in [0.29, 0.717) is 10.9 Å². The quantitative estimate of drug-likeness (QED) is 0.535. The van der Waals surface area contributed by atoms with Crippen LogP contribution >= 0.6 is 0 Å². The van der Waals surface area contributed by atoms with Gasteiger partial charge in [-0.15, -0.1) is 0 Å². The summed E-state index contributed by atoms with van der Waals surface area (Å²) >= 11 is 0. The van der Waals surface area contributed by atoms with Crippen LogP contribution in [0.5, 0.6) is 0 Å². The molecule has 3 heterocycles. The Morgan fingerprint density at radius 2 is 1.93 bits per heavy atom. The maximum Gasteiger partial charge on any atom is 0.261 e. The van der Waals surface area contributed by atoms with E-state index in [9.17, 15) is 9.59 Å². The number of hydrogen-bond donors (Lipinski definition) is 1. The van der Waals surface area contributed by atoms with Crippen LogP contribution in [-0.4, -0.2) is 30.2 Å². The lowest BCUT2D eigenvalue weighted by molar-refractivity contribution is -0.121.